The molecule has 1 aromatic rings. The van der Waals surface area contributed by atoms with Crippen LogP contribution in [0.25, 0.3) is 0 Å². The van der Waals surface area contributed by atoms with Crippen LogP contribution in [0, 0.1) is 11.3 Å². The molecule has 106 valence electrons. The van der Waals surface area contributed by atoms with E-state index < -0.39 is 0 Å². The molecule has 1 aromatic carbocycles. The Balaban J connectivity index is 2.26. The van der Waals surface area contributed by atoms with Crippen LogP contribution in [0.2, 0.25) is 0 Å². The molecule has 19 heavy (non-hydrogen) atoms. The summed E-state index contributed by atoms with van der Waals surface area (Å²) in [5, 5.41) is 0. The van der Waals surface area contributed by atoms with Crippen LogP contribution in [-0.2, 0) is 0 Å². The monoisotopic (exact) mass is 261 g/mol. The zero-order valence-corrected chi connectivity index (χ0v) is 12.6. The summed E-state index contributed by atoms with van der Waals surface area (Å²) in [6.45, 7) is 7.02. The van der Waals surface area contributed by atoms with E-state index in [1.54, 1.807) is 7.11 Å². The van der Waals surface area contributed by atoms with Crippen molar-refractivity contribution in [3.63, 3.8) is 0 Å². The first-order valence-electron chi connectivity index (χ1n) is 7.32. The quantitative estimate of drug-likeness (QED) is 0.874. The smallest absolute Gasteiger partial charge is 0.122 e. The van der Waals surface area contributed by atoms with Crippen LogP contribution in [0.4, 0.5) is 0 Å². The van der Waals surface area contributed by atoms with Gasteiger partial charge < -0.3 is 10.5 Å². The number of para-hydroxylation sites is 1. The molecule has 0 radical (unpaired) electrons. The molecule has 0 heterocycles. The molecular formula is C17H27NO. The summed E-state index contributed by atoms with van der Waals surface area (Å²) in [5.74, 6) is 2.15. The Morgan fingerprint density at radius 3 is 2.47 bits per heavy atom. The third-order valence-electron chi connectivity index (χ3n) is 4.67. The van der Waals surface area contributed by atoms with E-state index in [4.69, 9.17) is 10.5 Å². The zero-order chi connectivity index (χ0) is 14.0. The highest BCUT2D eigenvalue weighted by atomic mass is 16.5. The topological polar surface area (TPSA) is 35.2 Å². The lowest BCUT2D eigenvalue weighted by atomic mass is 9.66. The second-order valence-electron chi connectivity index (χ2n) is 6.89. The van der Waals surface area contributed by atoms with Crippen molar-refractivity contribution in [2.75, 3.05) is 7.11 Å². The van der Waals surface area contributed by atoms with Crippen LogP contribution in [0.3, 0.4) is 0 Å². The second kappa shape index (κ2) is 5.54. The van der Waals surface area contributed by atoms with E-state index in [2.05, 4.69) is 32.9 Å². The minimum absolute atomic E-state index is 0.259. The molecule has 0 amide bonds. The number of nitrogens with two attached hydrogens (primary N) is 1. The molecule has 3 atom stereocenters. The number of rotatable bonds is 2. The normalized spacial score (nSPS) is 28.2. The van der Waals surface area contributed by atoms with Gasteiger partial charge >= 0.3 is 0 Å². The maximum atomic E-state index is 6.38. The second-order valence-corrected chi connectivity index (χ2v) is 6.89. The summed E-state index contributed by atoms with van der Waals surface area (Å²) in [5.41, 5.74) is 8.03. The van der Waals surface area contributed by atoms with Crippen LogP contribution >= 0.6 is 0 Å². The third kappa shape index (κ3) is 3.11. The molecule has 0 saturated heterocycles. The van der Waals surface area contributed by atoms with Gasteiger partial charge in [0.25, 0.3) is 0 Å². The lowest BCUT2D eigenvalue weighted by Gasteiger charge is -2.41. The van der Waals surface area contributed by atoms with Crippen molar-refractivity contribution < 1.29 is 4.74 Å². The lowest BCUT2D eigenvalue weighted by molar-refractivity contribution is 0.153. The average molecular weight is 261 g/mol. The van der Waals surface area contributed by atoms with Crippen molar-refractivity contribution in [2.24, 2.45) is 17.1 Å². The van der Waals surface area contributed by atoms with E-state index >= 15 is 0 Å². The molecule has 2 N–H and O–H groups in total. The Hall–Kier alpha value is -1.02. The SMILES string of the molecule is COc1ccccc1C1CC(C(C)(C)C)CCC1N. The first-order chi connectivity index (χ1) is 8.93. The number of methoxy groups -OCH3 is 1. The van der Waals surface area contributed by atoms with Crippen molar-refractivity contribution in [2.45, 2.75) is 52.0 Å². The van der Waals surface area contributed by atoms with Gasteiger partial charge in [0.2, 0.25) is 0 Å². The molecule has 1 aliphatic rings. The maximum absolute atomic E-state index is 6.38. The Labute approximate surface area is 117 Å². The Morgan fingerprint density at radius 2 is 1.84 bits per heavy atom. The van der Waals surface area contributed by atoms with Crippen LogP contribution in [-0.4, -0.2) is 13.2 Å². The van der Waals surface area contributed by atoms with Gasteiger partial charge in [-0.25, -0.2) is 0 Å². The van der Waals surface area contributed by atoms with E-state index in [9.17, 15) is 0 Å². The Kier molecular flexibility index (Phi) is 4.19. The average Bonchev–Trinajstić information content (AvgIpc) is 2.38. The van der Waals surface area contributed by atoms with Gasteiger partial charge in [0.05, 0.1) is 7.11 Å². The predicted octanol–water partition coefficient (Wildman–Crippen LogP) is 3.95. The Bertz CT molecular complexity index is 422. The minimum Gasteiger partial charge on any atom is -0.496 e. The molecule has 0 aromatic heterocycles. The first kappa shape index (κ1) is 14.4. The molecule has 2 rings (SSSR count). The van der Waals surface area contributed by atoms with Gasteiger partial charge in [-0.15, -0.1) is 0 Å². The number of hydrogen-bond donors (Lipinski definition) is 1. The summed E-state index contributed by atoms with van der Waals surface area (Å²) < 4.78 is 5.51. The van der Waals surface area contributed by atoms with Gasteiger partial charge in [0.15, 0.2) is 0 Å². The van der Waals surface area contributed by atoms with Gasteiger partial charge in [-0.1, -0.05) is 39.0 Å². The summed E-state index contributed by atoms with van der Waals surface area (Å²) in [6.07, 6.45) is 3.53. The highest BCUT2D eigenvalue weighted by Gasteiger charge is 2.35. The first-order valence-corrected chi connectivity index (χ1v) is 7.32. The summed E-state index contributed by atoms with van der Waals surface area (Å²) in [7, 11) is 1.74. The molecule has 0 spiro atoms. The largest absolute Gasteiger partial charge is 0.496 e. The van der Waals surface area contributed by atoms with Crippen LogP contribution in [0.15, 0.2) is 24.3 Å². The molecule has 2 heteroatoms. The summed E-state index contributed by atoms with van der Waals surface area (Å²) in [6, 6.07) is 8.59. The molecular weight excluding hydrogens is 234 g/mol. The fraction of sp³-hybridized carbons (Fsp3) is 0.647. The molecule has 3 unspecified atom stereocenters. The van der Waals surface area contributed by atoms with Crippen molar-refractivity contribution >= 4 is 0 Å². The van der Waals surface area contributed by atoms with E-state index in [-0.39, 0.29) is 6.04 Å². The van der Waals surface area contributed by atoms with Gasteiger partial charge in [-0.3, -0.25) is 0 Å². The highest BCUT2D eigenvalue weighted by Crippen LogP contribution is 2.45. The lowest BCUT2D eigenvalue weighted by Crippen LogP contribution is -2.38. The zero-order valence-electron chi connectivity index (χ0n) is 12.6. The fourth-order valence-electron chi connectivity index (χ4n) is 3.31. The van der Waals surface area contributed by atoms with Crippen molar-refractivity contribution in [1.29, 1.82) is 0 Å². The van der Waals surface area contributed by atoms with E-state index in [0.717, 1.165) is 18.1 Å². The van der Waals surface area contributed by atoms with E-state index in [0.29, 0.717) is 11.3 Å². The number of hydrogen-bond acceptors (Lipinski definition) is 2. The molecule has 1 fully saturated rings. The number of ether oxygens (including phenoxy) is 1. The molecule has 1 aliphatic carbocycles. The highest BCUT2D eigenvalue weighted by molar-refractivity contribution is 5.37. The van der Waals surface area contributed by atoms with Crippen LogP contribution in [0.1, 0.15) is 51.5 Å². The van der Waals surface area contributed by atoms with Gasteiger partial charge in [0, 0.05) is 12.0 Å². The summed E-state index contributed by atoms with van der Waals surface area (Å²) >= 11 is 0. The maximum Gasteiger partial charge on any atom is 0.122 e. The van der Waals surface area contributed by atoms with Gasteiger partial charge in [0.1, 0.15) is 5.75 Å². The van der Waals surface area contributed by atoms with Gasteiger partial charge in [-0.05, 0) is 42.2 Å². The van der Waals surface area contributed by atoms with Crippen LogP contribution in [0.5, 0.6) is 5.75 Å². The molecule has 0 aliphatic heterocycles. The molecule has 1 saturated carbocycles. The minimum atomic E-state index is 0.259. The summed E-state index contributed by atoms with van der Waals surface area (Å²) in [4.78, 5) is 0. The fourth-order valence-corrected chi connectivity index (χ4v) is 3.31. The van der Waals surface area contributed by atoms with Crippen molar-refractivity contribution in [3.05, 3.63) is 29.8 Å². The third-order valence-corrected chi connectivity index (χ3v) is 4.67. The van der Waals surface area contributed by atoms with Crippen molar-refractivity contribution in [1.82, 2.24) is 0 Å². The van der Waals surface area contributed by atoms with Gasteiger partial charge in [-0.2, -0.15) is 0 Å². The van der Waals surface area contributed by atoms with Crippen molar-refractivity contribution in [3.8, 4) is 5.75 Å². The Morgan fingerprint density at radius 1 is 1.16 bits per heavy atom. The van der Waals surface area contributed by atoms with E-state index in [1.807, 2.05) is 12.1 Å². The number of benzene rings is 1. The predicted molar refractivity (Wildman–Crippen MR) is 80.5 cm³/mol. The molecule has 0 bridgehead atoms. The molecule has 2 nitrogen and oxygen atoms in total. The standard InChI is InChI=1S/C17H27NO/c1-17(2,3)12-9-10-15(18)14(11-12)13-7-5-6-8-16(13)19-4/h5-8,12,14-15H,9-11,18H2,1-4H3. The van der Waals surface area contributed by atoms with E-state index in [1.165, 1.54) is 18.4 Å². The van der Waals surface area contributed by atoms with Crippen LogP contribution < -0.4 is 10.5 Å².